The molecular weight excluding hydrogens is 290 g/mol. The highest BCUT2D eigenvalue weighted by Crippen LogP contribution is 2.29. The van der Waals surface area contributed by atoms with Crippen molar-refractivity contribution in [1.29, 1.82) is 0 Å². The lowest BCUT2D eigenvalue weighted by Crippen LogP contribution is -2.05. The van der Waals surface area contributed by atoms with E-state index in [0.717, 1.165) is 29.4 Å². The number of nitrogens with zero attached hydrogens (tertiary/aromatic N) is 1. The van der Waals surface area contributed by atoms with E-state index in [1.165, 1.54) is 12.7 Å². The largest absolute Gasteiger partial charge is 0.464 e. The lowest BCUT2D eigenvalue weighted by Gasteiger charge is -2.14. The molecule has 0 spiro atoms. The van der Waals surface area contributed by atoms with Gasteiger partial charge in [0.25, 0.3) is 0 Å². The molecule has 21 heavy (non-hydrogen) atoms. The van der Waals surface area contributed by atoms with Crippen molar-refractivity contribution in [2.45, 2.75) is 6.42 Å². The SMILES string of the molecule is COC(=O)c1cc2ccc(C3=CCOCC3)cc2c(Cl)n1. The number of hydrogen-bond acceptors (Lipinski definition) is 4. The minimum atomic E-state index is -0.491. The molecule has 3 rings (SSSR count). The predicted molar refractivity (Wildman–Crippen MR) is 81.5 cm³/mol. The first kappa shape index (κ1) is 14.0. The van der Waals surface area contributed by atoms with Crippen molar-refractivity contribution in [3.8, 4) is 0 Å². The van der Waals surface area contributed by atoms with Crippen LogP contribution in [0.2, 0.25) is 5.15 Å². The van der Waals surface area contributed by atoms with Crippen molar-refractivity contribution >= 4 is 33.9 Å². The molecule has 2 heterocycles. The van der Waals surface area contributed by atoms with Crippen LogP contribution in [0.15, 0.2) is 30.3 Å². The lowest BCUT2D eigenvalue weighted by atomic mass is 9.99. The van der Waals surface area contributed by atoms with E-state index in [-0.39, 0.29) is 5.69 Å². The van der Waals surface area contributed by atoms with E-state index in [2.05, 4.69) is 15.8 Å². The van der Waals surface area contributed by atoms with E-state index in [1.807, 2.05) is 18.2 Å². The van der Waals surface area contributed by atoms with Crippen molar-refractivity contribution in [2.75, 3.05) is 20.3 Å². The van der Waals surface area contributed by atoms with E-state index in [1.54, 1.807) is 6.07 Å². The summed E-state index contributed by atoms with van der Waals surface area (Å²) in [4.78, 5) is 15.7. The molecule has 0 bridgehead atoms. The van der Waals surface area contributed by atoms with Gasteiger partial charge < -0.3 is 9.47 Å². The van der Waals surface area contributed by atoms with Gasteiger partial charge in [0.05, 0.1) is 20.3 Å². The molecule has 1 aliphatic heterocycles. The molecule has 5 heteroatoms. The van der Waals surface area contributed by atoms with Crippen molar-refractivity contribution < 1.29 is 14.3 Å². The van der Waals surface area contributed by atoms with Crippen LogP contribution >= 0.6 is 11.6 Å². The van der Waals surface area contributed by atoms with Gasteiger partial charge in [-0.05, 0) is 35.1 Å². The van der Waals surface area contributed by atoms with Gasteiger partial charge in [-0.3, -0.25) is 0 Å². The maximum absolute atomic E-state index is 11.6. The highest BCUT2D eigenvalue weighted by atomic mass is 35.5. The molecule has 108 valence electrons. The van der Waals surface area contributed by atoms with Gasteiger partial charge in [-0.1, -0.05) is 29.8 Å². The zero-order valence-electron chi connectivity index (χ0n) is 11.6. The molecule has 0 fully saturated rings. The summed E-state index contributed by atoms with van der Waals surface area (Å²) in [6.07, 6.45) is 2.96. The Bertz CT molecular complexity index is 740. The second kappa shape index (κ2) is 5.84. The van der Waals surface area contributed by atoms with Gasteiger partial charge >= 0.3 is 5.97 Å². The van der Waals surface area contributed by atoms with Gasteiger partial charge in [-0.25, -0.2) is 9.78 Å². The fourth-order valence-corrected chi connectivity index (χ4v) is 2.66. The number of ether oxygens (including phenoxy) is 2. The van der Waals surface area contributed by atoms with E-state index in [0.29, 0.717) is 11.8 Å². The van der Waals surface area contributed by atoms with Crippen molar-refractivity contribution in [1.82, 2.24) is 4.98 Å². The van der Waals surface area contributed by atoms with Crippen molar-refractivity contribution in [3.63, 3.8) is 0 Å². The number of rotatable bonds is 2. The van der Waals surface area contributed by atoms with E-state index in [4.69, 9.17) is 16.3 Å². The number of carbonyl (C=O) groups excluding carboxylic acids is 1. The molecular formula is C16H14ClNO3. The highest BCUT2D eigenvalue weighted by molar-refractivity contribution is 6.34. The summed E-state index contributed by atoms with van der Waals surface area (Å²) in [5, 5.41) is 2.00. The topological polar surface area (TPSA) is 48.4 Å². The number of halogens is 1. The van der Waals surface area contributed by atoms with Crippen LogP contribution in [0.4, 0.5) is 0 Å². The van der Waals surface area contributed by atoms with Crippen molar-refractivity contribution in [2.24, 2.45) is 0 Å². The number of benzene rings is 1. The summed E-state index contributed by atoms with van der Waals surface area (Å²) in [6, 6.07) is 7.66. The molecule has 2 aromatic rings. The number of aromatic nitrogens is 1. The average Bonchev–Trinajstić information content (AvgIpc) is 2.54. The third-order valence-electron chi connectivity index (χ3n) is 3.52. The normalized spacial score (nSPS) is 14.9. The summed E-state index contributed by atoms with van der Waals surface area (Å²) in [6.45, 7) is 1.37. The summed E-state index contributed by atoms with van der Waals surface area (Å²) in [7, 11) is 1.32. The Kier molecular flexibility index (Phi) is 3.90. The van der Waals surface area contributed by atoms with E-state index < -0.39 is 5.97 Å². The minimum Gasteiger partial charge on any atom is -0.464 e. The predicted octanol–water partition coefficient (Wildman–Crippen LogP) is 3.48. The number of carbonyl (C=O) groups is 1. The van der Waals surface area contributed by atoms with Crippen LogP contribution < -0.4 is 0 Å². The summed E-state index contributed by atoms with van der Waals surface area (Å²) in [5.41, 5.74) is 2.57. The zero-order chi connectivity index (χ0) is 14.8. The Morgan fingerprint density at radius 3 is 2.95 bits per heavy atom. The van der Waals surface area contributed by atoms with Crippen LogP contribution in [-0.2, 0) is 9.47 Å². The second-order valence-corrected chi connectivity index (χ2v) is 5.14. The Labute approximate surface area is 127 Å². The van der Waals surface area contributed by atoms with Crippen molar-refractivity contribution in [3.05, 3.63) is 46.8 Å². The third-order valence-corrected chi connectivity index (χ3v) is 3.80. The molecule has 0 saturated heterocycles. The monoisotopic (exact) mass is 303 g/mol. The number of methoxy groups -OCH3 is 1. The fourth-order valence-electron chi connectivity index (χ4n) is 2.40. The number of hydrogen-bond donors (Lipinski definition) is 0. The molecule has 0 atom stereocenters. The van der Waals surface area contributed by atoms with Gasteiger partial charge in [0.2, 0.25) is 0 Å². The standard InChI is InChI=1S/C16H14ClNO3/c1-20-16(19)14-9-12-3-2-11(8-13(12)15(17)18-14)10-4-6-21-7-5-10/h2-4,8-9H,5-7H2,1H3. The van der Waals surface area contributed by atoms with Crippen LogP contribution in [0.25, 0.3) is 16.3 Å². The molecule has 0 aliphatic carbocycles. The third kappa shape index (κ3) is 2.77. The first-order valence-corrected chi connectivity index (χ1v) is 7.02. The molecule has 1 aromatic heterocycles. The molecule has 1 aliphatic rings. The molecule has 4 nitrogen and oxygen atoms in total. The highest BCUT2D eigenvalue weighted by Gasteiger charge is 2.13. The Hall–Kier alpha value is -1.91. The van der Waals surface area contributed by atoms with Crippen LogP contribution in [0.1, 0.15) is 22.5 Å². The maximum atomic E-state index is 11.6. The fraction of sp³-hybridized carbons (Fsp3) is 0.250. The molecule has 0 saturated carbocycles. The average molecular weight is 304 g/mol. The number of esters is 1. The molecule has 1 aromatic carbocycles. The second-order valence-electron chi connectivity index (χ2n) is 4.78. The summed E-state index contributed by atoms with van der Waals surface area (Å²) >= 11 is 6.21. The van der Waals surface area contributed by atoms with Crippen LogP contribution in [0.3, 0.4) is 0 Å². The Balaban J connectivity index is 2.08. The number of pyridine rings is 1. The molecule has 0 radical (unpaired) electrons. The van der Waals surface area contributed by atoms with Crippen LogP contribution in [0, 0.1) is 0 Å². The molecule has 0 amide bonds. The van der Waals surface area contributed by atoms with Gasteiger partial charge in [0.15, 0.2) is 5.69 Å². The Morgan fingerprint density at radius 2 is 2.24 bits per heavy atom. The van der Waals surface area contributed by atoms with Crippen LogP contribution in [-0.4, -0.2) is 31.3 Å². The summed E-state index contributed by atoms with van der Waals surface area (Å²) < 4.78 is 10.00. The van der Waals surface area contributed by atoms with Gasteiger partial charge in [0.1, 0.15) is 5.15 Å². The van der Waals surface area contributed by atoms with Gasteiger partial charge in [-0.2, -0.15) is 0 Å². The maximum Gasteiger partial charge on any atom is 0.356 e. The first-order chi connectivity index (χ1) is 10.2. The Morgan fingerprint density at radius 1 is 1.38 bits per heavy atom. The first-order valence-electron chi connectivity index (χ1n) is 6.65. The zero-order valence-corrected chi connectivity index (χ0v) is 12.3. The van der Waals surface area contributed by atoms with Gasteiger partial charge in [0, 0.05) is 5.39 Å². The molecule has 0 unspecified atom stereocenters. The lowest BCUT2D eigenvalue weighted by molar-refractivity contribution is 0.0594. The van der Waals surface area contributed by atoms with E-state index >= 15 is 0 Å². The number of fused-ring (bicyclic) bond motifs is 1. The smallest absolute Gasteiger partial charge is 0.356 e. The van der Waals surface area contributed by atoms with Crippen LogP contribution in [0.5, 0.6) is 0 Å². The minimum absolute atomic E-state index is 0.216. The van der Waals surface area contributed by atoms with Gasteiger partial charge in [-0.15, -0.1) is 0 Å². The van der Waals surface area contributed by atoms with E-state index in [9.17, 15) is 4.79 Å². The summed E-state index contributed by atoms with van der Waals surface area (Å²) in [5.74, 6) is -0.491. The molecule has 0 N–H and O–H groups in total. The quantitative estimate of drug-likeness (QED) is 0.629.